The van der Waals surface area contributed by atoms with Crippen molar-refractivity contribution < 1.29 is 14.5 Å². The molecule has 146 valence electrons. The second-order valence-corrected chi connectivity index (χ2v) is 6.85. The Labute approximate surface area is 175 Å². The van der Waals surface area contributed by atoms with E-state index in [0.29, 0.717) is 17.9 Å². The molecule has 0 unspecified atom stereocenters. The van der Waals surface area contributed by atoms with Gasteiger partial charge in [0.05, 0.1) is 11.1 Å². The summed E-state index contributed by atoms with van der Waals surface area (Å²) in [5, 5.41) is 15.0. The van der Waals surface area contributed by atoms with Gasteiger partial charge in [0.2, 0.25) is 0 Å². The summed E-state index contributed by atoms with van der Waals surface area (Å²) >= 11 is 3.42. The minimum atomic E-state index is -0.666. The van der Waals surface area contributed by atoms with Crippen molar-refractivity contribution in [3.8, 4) is 5.75 Å². The maximum absolute atomic E-state index is 12.2. The first-order valence-corrected chi connectivity index (χ1v) is 9.37. The van der Waals surface area contributed by atoms with Crippen molar-refractivity contribution in [2.75, 3.05) is 0 Å². The minimum Gasteiger partial charge on any atom is -0.488 e. The van der Waals surface area contributed by atoms with Crippen molar-refractivity contribution in [1.29, 1.82) is 0 Å². The fourth-order valence-corrected chi connectivity index (χ4v) is 3.00. The van der Waals surface area contributed by atoms with Gasteiger partial charge in [-0.25, -0.2) is 5.43 Å². The second-order valence-electron chi connectivity index (χ2n) is 5.93. The monoisotopic (exact) mass is 453 g/mol. The molecule has 3 rings (SSSR count). The number of hydrogen-bond donors (Lipinski definition) is 1. The molecule has 0 atom stereocenters. The molecule has 3 aromatic rings. The SMILES string of the molecule is O=C(NN=Cc1ccccc1OCc1cccc(Br)c1)c1ccccc1[N+](=O)[O-]. The molecule has 0 aliphatic carbocycles. The molecule has 0 saturated heterocycles. The predicted molar refractivity (Wildman–Crippen MR) is 113 cm³/mol. The van der Waals surface area contributed by atoms with Gasteiger partial charge in [0, 0.05) is 16.1 Å². The third kappa shape index (κ3) is 5.49. The molecule has 0 saturated carbocycles. The molecule has 1 amide bonds. The average molecular weight is 454 g/mol. The van der Waals surface area contributed by atoms with Gasteiger partial charge in [0.25, 0.3) is 11.6 Å². The number of hydrogen-bond acceptors (Lipinski definition) is 5. The van der Waals surface area contributed by atoms with Gasteiger partial charge in [-0.15, -0.1) is 0 Å². The van der Waals surface area contributed by atoms with Crippen LogP contribution in [-0.4, -0.2) is 17.0 Å². The third-order valence-corrected chi connectivity index (χ3v) is 4.41. The molecule has 0 aliphatic rings. The Balaban J connectivity index is 1.68. The average Bonchev–Trinajstić information content (AvgIpc) is 2.73. The third-order valence-electron chi connectivity index (χ3n) is 3.92. The van der Waals surface area contributed by atoms with E-state index in [1.165, 1.54) is 24.4 Å². The summed E-state index contributed by atoms with van der Waals surface area (Å²) in [5.74, 6) is -0.0720. The van der Waals surface area contributed by atoms with Crippen LogP contribution < -0.4 is 10.2 Å². The number of carbonyl (C=O) groups is 1. The standard InChI is InChI=1S/C21H16BrN3O4/c22-17-8-5-6-15(12-17)14-29-20-11-4-1-7-16(20)13-23-24-21(26)18-9-2-3-10-19(18)25(27)28/h1-13H,14H2,(H,24,26). The molecule has 1 N–H and O–H groups in total. The Morgan fingerprint density at radius 3 is 2.66 bits per heavy atom. The van der Waals surface area contributed by atoms with Crippen LogP contribution in [0.25, 0.3) is 0 Å². The zero-order valence-electron chi connectivity index (χ0n) is 15.1. The lowest BCUT2D eigenvalue weighted by molar-refractivity contribution is -0.385. The number of rotatable bonds is 7. The highest BCUT2D eigenvalue weighted by molar-refractivity contribution is 9.10. The number of ether oxygens (including phenoxy) is 1. The van der Waals surface area contributed by atoms with Crippen molar-refractivity contribution in [2.45, 2.75) is 6.61 Å². The van der Waals surface area contributed by atoms with Crippen LogP contribution in [-0.2, 0) is 6.61 Å². The lowest BCUT2D eigenvalue weighted by atomic mass is 10.2. The zero-order valence-corrected chi connectivity index (χ0v) is 16.7. The number of halogens is 1. The maximum Gasteiger partial charge on any atom is 0.282 e. The summed E-state index contributed by atoms with van der Waals surface area (Å²) in [7, 11) is 0. The lowest BCUT2D eigenvalue weighted by Crippen LogP contribution is -2.19. The van der Waals surface area contributed by atoms with Crippen molar-refractivity contribution in [3.05, 3.63) is 104 Å². The van der Waals surface area contributed by atoms with Crippen LogP contribution in [0.5, 0.6) is 5.75 Å². The highest BCUT2D eigenvalue weighted by atomic mass is 79.9. The van der Waals surface area contributed by atoms with Crippen LogP contribution in [0.4, 0.5) is 5.69 Å². The highest BCUT2D eigenvalue weighted by Gasteiger charge is 2.18. The van der Waals surface area contributed by atoms with E-state index < -0.39 is 10.8 Å². The van der Waals surface area contributed by atoms with Crippen LogP contribution in [0.2, 0.25) is 0 Å². The van der Waals surface area contributed by atoms with E-state index in [-0.39, 0.29) is 11.3 Å². The Hall–Kier alpha value is -3.52. The van der Waals surface area contributed by atoms with Gasteiger partial charge in [-0.3, -0.25) is 14.9 Å². The molecular formula is C21H16BrN3O4. The van der Waals surface area contributed by atoms with Gasteiger partial charge >= 0.3 is 0 Å². The number of benzene rings is 3. The first kappa shape index (κ1) is 20.2. The number of nitrogens with one attached hydrogen (secondary N) is 1. The Kier molecular flexibility index (Phi) is 6.70. The Morgan fingerprint density at radius 1 is 1.10 bits per heavy atom. The number of hydrazone groups is 1. The number of amides is 1. The molecule has 0 fully saturated rings. The molecule has 0 radical (unpaired) electrons. The summed E-state index contributed by atoms with van der Waals surface area (Å²) in [6.45, 7) is 0.368. The molecule has 0 spiro atoms. The van der Waals surface area contributed by atoms with Crippen LogP contribution >= 0.6 is 15.9 Å². The number of para-hydroxylation sites is 2. The van der Waals surface area contributed by atoms with Crippen LogP contribution in [0, 0.1) is 10.1 Å². The second kappa shape index (κ2) is 9.61. The van der Waals surface area contributed by atoms with E-state index in [4.69, 9.17) is 4.74 Å². The summed E-state index contributed by atoms with van der Waals surface area (Å²) in [6, 6.07) is 20.7. The Morgan fingerprint density at radius 2 is 1.86 bits per heavy atom. The van der Waals surface area contributed by atoms with Crippen molar-refractivity contribution in [3.63, 3.8) is 0 Å². The van der Waals surface area contributed by atoms with E-state index in [2.05, 4.69) is 26.5 Å². The number of carbonyl (C=O) groups excluding carboxylic acids is 1. The molecular weight excluding hydrogens is 438 g/mol. The summed E-state index contributed by atoms with van der Waals surface area (Å²) < 4.78 is 6.82. The van der Waals surface area contributed by atoms with E-state index in [0.717, 1.165) is 10.0 Å². The van der Waals surface area contributed by atoms with E-state index in [1.807, 2.05) is 36.4 Å². The quantitative estimate of drug-likeness (QED) is 0.318. The molecule has 29 heavy (non-hydrogen) atoms. The summed E-state index contributed by atoms with van der Waals surface area (Å²) in [6.07, 6.45) is 1.43. The Bertz CT molecular complexity index is 1070. The molecule has 3 aromatic carbocycles. The molecule has 0 aliphatic heterocycles. The van der Waals surface area contributed by atoms with Crippen LogP contribution in [0.3, 0.4) is 0 Å². The van der Waals surface area contributed by atoms with Gasteiger partial charge in [-0.05, 0) is 35.9 Å². The highest BCUT2D eigenvalue weighted by Crippen LogP contribution is 2.20. The van der Waals surface area contributed by atoms with Crippen LogP contribution in [0.15, 0.2) is 82.4 Å². The van der Waals surface area contributed by atoms with Gasteiger partial charge < -0.3 is 4.74 Å². The van der Waals surface area contributed by atoms with Gasteiger partial charge in [0.15, 0.2) is 0 Å². The first-order chi connectivity index (χ1) is 14.0. The normalized spacial score (nSPS) is 10.7. The zero-order chi connectivity index (χ0) is 20.6. The van der Waals surface area contributed by atoms with Gasteiger partial charge in [-0.1, -0.05) is 52.3 Å². The van der Waals surface area contributed by atoms with Gasteiger partial charge in [0.1, 0.15) is 17.9 Å². The molecule has 0 bridgehead atoms. The first-order valence-electron chi connectivity index (χ1n) is 8.57. The fourth-order valence-electron chi connectivity index (χ4n) is 2.55. The molecule has 0 aromatic heterocycles. The van der Waals surface area contributed by atoms with Crippen molar-refractivity contribution in [2.24, 2.45) is 5.10 Å². The number of nitro groups is 1. The number of nitro benzene ring substituents is 1. The number of nitrogens with zero attached hydrogens (tertiary/aromatic N) is 2. The summed E-state index contributed by atoms with van der Waals surface area (Å²) in [5.41, 5.74) is 3.63. The fraction of sp³-hybridized carbons (Fsp3) is 0.0476. The molecule has 7 nitrogen and oxygen atoms in total. The topological polar surface area (TPSA) is 93.8 Å². The lowest BCUT2D eigenvalue weighted by Gasteiger charge is -2.09. The van der Waals surface area contributed by atoms with Crippen molar-refractivity contribution in [1.82, 2.24) is 5.43 Å². The predicted octanol–water partition coefficient (Wildman–Crippen LogP) is 4.70. The smallest absolute Gasteiger partial charge is 0.282 e. The summed E-state index contributed by atoms with van der Waals surface area (Å²) in [4.78, 5) is 22.7. The van der Waals surface area contributed by atoms with Crippen molar-refractivity contribution >= 4 is 33.7 Å². The minimum absolute atomic E-state index is 0.0613. The largest absolute Gasteiger partial charge is 0.488 e. The van der Waals surface area contributed by atoms with E-state index in [9.17, 15) is 14.9 Å². The van der Waals surface area contributed by atoms with E-state index in [1.54, 1.807) is 18.2 Å². The molecule has 8 heteroatoms. The van der Waals surface area contributed by atoms with Gasteiger partial charge in [-0.2, -0.15) is 5.10 Å². The van der Waals surface area contributed by atoms with Crippen LogP contribution in [0.1, 0.15) is 21.5 Å². The van der Waals surface area contributed by atoms with E-state index >= 15 is 0 Å². The maximum atomic E-state index is 12.2. The molecule has 0 heterocycles.